The molecule has 0 spiro atoms. The maximum absolute atomic E-state index is 12.6. The molecule has 0 heterocycles. The Morgan fingerprint density at radius 3 is 2.62 bits per heavy atom. The number of benzene rings is 1. The topological polar surface area (TPSA) is 29.1 Å². The van der Waals surface area contributed by atoms with Crippen molar-refractivity contribution in [2.45, 2.75) is 63.3 Å². The number of unbranched alkanes of at least 4 members (excludes halogenated alkanes) is 2. The molecule has 0 saturated heterocycles. The number of amides is 1. The number of terminal acetylenes is 1. The fourth-order valence-corrected chi connectivity index (χ4v) is 3.08. The molecule has 2 heteroatoms. The third-order valence-electron chi connectivity index (χ3n) is 4.28. The number of carbonyl (C=O) groups excluding carboxylic acids is 1. The summed E-state index contributed by atoms with van der Waals surface area (Å²) in [6.07, 6.45) is 13.7. The van der Waals surface area contributed by atoms with Crippen molar-refractivity contribution in [3.63, 3.8) is 0 Å². The van der Waals surface area contributed by atoms with E-state index < -0.39 is 0 Å². The molecule has 112 valence electrons. The summed E-state index contributed by atoms with van der Waals surface area (Å²) >= 11 is 0. The van der Waals surface area contributed by atoms with Gasteiger partial charge in [-0.3, -0.25) is 4.79 Å². The lowest BCUT2D eigenvalue weighted by Crippen LogP contribution is -2.36. The van der Waals surface area contributed by atoms with Crippen LogP contribution in [-0.2, 0) is 4.79 Å². The summed E-state index contributed by atoms with van der Waals surface area (Å²) in [7, 11) is 0. The summed E-state index contributed by atoms with van der Waals surface area (Å²) in [5.41, 5.74) is 1.12. The van der Waals surface area contributed by atoms with E-state index in [2.05, 4.69) is 23.4 Å². The second-order valence-corrected chi connectivity index (χ2v) is 5.90. The van der Waals surface area contributed by atoms with Crippen LogP contribution < -0.4 is 5.32 Å². The SMILES string of the molecule is C#CCCCCC(C(=O)NC1CCCC1)c1ccccc1. The van der Waals surface area contributed by atoms with Crippen molar-refractivity contribution in [3.8, 4) is 12.3 Å². The molecule has 1 atom stereocenters. The largest absolute Gasteiger partial charge is 0.353 e. The Morgan fingerprint density at radius 2 is 1.95 bits per heavy atom. The first-order chi connectivity index (χ1) is 10.3. The van der Waals surface area contributed by atoms with E-state index in [1.165, 1.54) is 12.8 Å². The lowest BCUT2D eigenvalue weighted by Gasteiger charge is -2.20. The van der Waals surface area contributed by atoms with E-state index >= 15 is 0 Å². The molecule has 1 saturated carbocycles. The highest BCUT2D eigenvalue weighted by molar-refractivity contribution is 5.83. The van der Waals surface area contributed by atoms with Gasteiger partial charge in [-0.2, -0.15) is 0 Å². The van der Waals surface area contributed by atoms with E-state index in [-0.39, 0.29) is 11.8 Å². The summed E-state index contributed by atoms with van der Waals surface area (Å²) in [5.74, 6) is 2.82. The monoisotopic (exact) mass is 283 g/mol. The van der Waals surface area contributed by atoms with Crippen molar-refractivity contribution < 1.29 is 4.79 Å². The average molecular weight is 283 g/mol. The predicted molar refractivity (Wildman–Crippen MR) is 86.9 cm³/mol. The Labute approximate surface area is 128 Å². The highest BCUT2D eigenvalue weighted by atomic mass is 16.1. The van der Waals surface area contributed by atoms with Gasteiger partial charge in [-0.1, -0.05) is 49.6 Å². The van der Waals surface area contributed by atoms with Gasteiger partial charge in [0.1, 0.15) is 0 Å². The Kier molecular flexibility index (Phi) is 6.34. The van der Waals surface area contributed by atoms with Gasteiger partial charge in [0.25, 0.3) is 0 Å². The summed E-state index contributed by atoms with van der Waals surface area (Å²) in [5, 5.41) is 3.24. The van der Waals surface area contributed by atoms with Gasteiger partial charge in [-0.05, 0) is 31.2 Å². The lowest BCUT2D eigenvalue weighted by atomic mass is 9.92. The van der Waals surface area contributed by atoms with Gasteiger partial charge in [-0.25, -0.2) is 0 Å². The maximum Gasteiger partial charge on any atom is 0.227 e. The van der Waals surface area contributed by atoms with Gasteiger partial charge < -0.3 is 5.32 Å². The summed E-state index contributed by atoms with van der Waals surface area (Å²) in [6.45, 7) is 0. The molecule has 21 heavy (non-hydrogen) atoms. The fraction of sp³-hybridized carbons (Fsp3) is 0.526. The van der Waals surface area contributed by atoms with Crippen LogP contribution in [0.3, 0.4) is 0 Å². The first-order valence-corrected chi connectivity index (χ1v) is 8.10. The quantitative estimate of drug-likeness (QED) is 0.594. The van der Waals surface area contributed by atoms with Crippen LogP contribution in [0.1, 0.15) is 62.8 Å². The standard InChI is InChI=1S/C19H25NO/c1-2-3-4-8-15-18(16-11-6-5-7-12-16)19(21)20-17-13-9-10-14-17/h1,5-7,11-12,17-18H,3-4,8-10,13-15H2,(H,20,21). The average Bonchev–Trinajstić information content (AvgIpc) is 3.01. The van der Waals surface area contributed by atoms with Crippen molar-refractivity contribution in [1.29, 1.82) is 0 Å². The van der Waals surface area contributed by atoms with Crippen molar-refractivity contribution in [3.05, 3.63) is 35.9 Å². The second-order valence-electron chi connectivity index (χ2n) is 5.90. The zero-order chi connectivity index (χ0) is 14.9. The van der Waals surface area contributed by atoms with E-state index in [0.29, 0.717) is 6.04 Å². The Balaban J connectivity index is 1.96. The van der Waals surface area contributed by atoms with Crippen LogP contribution in [0.15, 0.2) is 30.3 Å². The minimum atomic E-state index is -0.0374. The third kappa shape index (κ3) is 4.93. The van der Waals surface area contributed by atoms with Gasteiger partial charge >= 0.3 is 0 Å². The number of hydrogen-bond donors (Lipinski definition) is 1. The molecular formula is C19H25NO. The molecule has 1 aliphatic rings. The van der Waals surface area contributed by atoms with Crippen molar-refractivity contribution >= 4 is 5.91 Å². The molecule has 1 unspecified atom stereocenters. The van der Waals surface area contributed by atoms with Crippen LogP contribution in [0.4, 0.5) is 0 Å². The van der Waals surface area contributed by atoms with Gasteiger partial charge in [0.05, 0.1) is 5.92 Å². The Morgan fingerprint density at radius 1 is 1.24 bits per heavy atom. The van der Waals surface area contributed by atoms with E-state index in [4.69, 9.17) is 6.42 Å². The highest BCUT2D eigenvalue weighted by Crippen LogP contribution is 2.25. The molecule has 0 radical (unpaired) electrons. The van der Waals surface area contributed by atoms with E-state index in [0.717, 1.165) is 44.1 Å². The summed E-state index contributed by atoms with van der Waals surface area (Å²) in [4.78, 5) is 12.6. The van der Waals surface area contributed by atoms with Gasteiger partial charge in [-0.15, -0.1) is 12.3 Å². The van der Waals surface area contributed by atoms with Crippen molar-refractivity contribution in [2.24, 2.45) is 0 Å². The molecule has 1 aliphatic carbocycles. The number of rotatable bonds is 7. The second kappa shape index (κ2) is 8.52. The first-order valence-electron chi connectivity index (χ1n) is 8.10. The lowest BCUT2D eigenvalue weighted by molar-refractivity contribution is -0.123. The zero-order valence-corrected chi connectivity index (χ0v) is 12.7. The van der Waals surface area contributed by atoms with E-state index in [1.54, 1.807) is 0 Å². The smallest absolute Gasteiger partial charge is 0.227 e. The predicted octanol–water partition coefficient (Wildman–Crippen LogP) is 4.02. The summed E-state index contributed by atoms with van der Waals surface area (Å²) < 4.78 is 0. The molecule has 0 aromatic heterocycles. The zero-order valence-electron chi connectivity index (χ0n) is 12.7. The number of carbonyl (C=O) groups is 1. The van der Waals surface area contributed by atoms with E-state index in [1.807, 2.05) is 18.2 Å². The van der Waals surface area contributed by atoms with Crippen molar-refractivity contribution in [2.75, 3.05) is 0 Å². The van der Waals surface area contributed by atoms with Crippen LogP contribution in [0, 0.1) is 12.3 Å². The number of hydrogen-bond acceptors (Lipinski definition) is 1. The van der Waals surface area contributed by atoms with Crippen LogP contribution in [0.25, 0.3) is 0 Å². The maximum atomic E-state index is 12.6. The normalized spacial score (nSPS) is 16.3. The minimum absolute atomic E-state index is 0.0374. The third-order valence-corrected chi connectivity index (χ3v) is 4.28. The molecule has 0 bridgehead atoms. The van der Waals surface area contributed by atoms with Crippen LogP contribution in [-0.4, -0.2) is 11.9 Å². The van der Waals surface area contributed by atoms with Gasteiger partial charge in [0.15, 0.2) is 0 Å². The molecule has 0 aliphatic heterocycles. The molecule has 2 rings (SSSR count). The molecular weight excluding hydrogens is 258 g/mol. The van der Waals surface area contributed by atoms with Gasteiger partial charge in [0, 0.05) is 12.5 Å². The van der Waals surface area contributed by atoms with E-state index in [9.17, 15) is 4.79 Å². The molecule has 1 aromatic rings. The Hall–Kier alpha value is -1.75. The Bertz CT molecular complexity index is 468. The van der Waals surface area contributed by atoms with Gasteiger partial charge in [0.2, 0.25) is 5.91 Å². The van der Waals surface area contributed by atoms with Crippen molar-refractivity contribution in [1.82, 2.24) is 5.32 Å². The number of nitrogens with one attached hydrogen (secondary N) is 1. The highest BCUT2D eigenvalue weighted by Gasteiger charge is 2.24. The summed E-state index contributed by atoms with van der Waals surface area (Å²) in [6, 6.07) is 10.5. The van der Waals surface area contributed by atoms with Crippen LogP contribution >= 0.6 is 0 Å². The van der Waals surface area contributed by atoms with Crippen LogP contribution in [0.5, 0.6) is 0 Å². The molecule has 2 nitrogen and oxygen atoms in total. The fourth-order valence-electron chi connectivity index (χ4n) is 3.08. The molecule has 1 N–H and O–H groups in total. The first kappa shape index (κ1) is 15.6. The molecule has 1 fully saturated rings. The minimum Gasteiger partial charge on any atom is -0.353 e. The van der Waals surface area contributed by atoms with Crippen LogP contribution in [0.2, 0.25) is 0 Å². The molecule has 1 aromatic carbocycles. The molecule has 1 amide bonds.